The second-order valence-electron chi connectivity index (χ2n) is 4.19. The van der Waals surface area contributed by atoms with Crippen molar-refractivity contribution in [3.8, 4) is 5.75 Å². The highest BCUT2D eigenvalue weighted by molar-refractivity contribution is 6.30. The molecule has 2 aromatic carbocycles. The lowest BCUT2D eigenvalue weighted by atomic mass is 10.2. The highest BCUT2D eigenvalue weighted by Crippen LogP contribution is 2.19. The molecule has 2 N–H and O–H groups in total. The van der Waals surface area contributed by atoms with Crippen molar-refractivity contribution in [2.45, 2.75) is 6.92 Å². The molecule has 0 aromatic heterocycles. The minimum atomic E-state index is -0.327. The first kappa shape index (κ1) is 14.2. The summed E-state index contributed by atoms with van der Waals surface area (Å²) in [6.07, 6.45) is 0. The van der Waals surface area contributed by atoms with Gasteiger partial charge in [-0.15, -0.1) is 0 Å². The maximum absolute atomic E-state index is 11.7. The van der Waals surface area contributed by atoms with Crippen LogP contribution in [0.3, 0.4) is 0 Å². The maximum Gasteiger partial charge on any atom is 0.321 e. The summed E-state index contributed by atoms with van der Waals surface area (Å²) in [6, 6.07) is 14.2. The van der Waals surface area contributed by atoms with Gasteiger partial charge >= 0.3 is 6.03 Å². The summed E-state index contributed by atoms with van der Waals surface area (Å²) in [5, 5.41) is 5.99. The third-order valence-electron chi connectivity index (χ3n) is 2.65. The predicted molar refractivity (Wildman–Crippen MR) is 80.3 cm³/mol. The van der Waals surface area contributed by atoms with Gasteiger partial charge in [0.15, 0.2) is 6.73 Å². The Kier molecular flexibility index (Phi) is 4.85. The molecule has 0 heterocycles. The van der Waals surface area contributed by atoms with Crippen molar-refractivity contribution in [1.82, 2.24) is 5.32 Å². The molecule has 0 radical (unpaired) electrons. The fourth-order valence-corrected chi connectivity index (χ4v) is 1.86. The van der Waals surface area contributed by atoms with E-state index in [2.05, 4.69) is 10.6 Å². The molecule has 0 saturated heterocycles. The Balaban J connectivity index is 1.81. The van der Waals surface area contributed by atoms with Gasteiger partial charge in [0, 0.05) is 10.7 Å². The predicted octanol–water partition coefficient (Wildman–Crippen LogP) is 3.81. The van der Waals surface area contributed by atoms with Crippen LogP contribution in [0.15, 0.2) is 48.5 Å². The van der Waals surface area contributed by atoms with Crippen LogP contribution in [0.4, 0.5) is 10.5 Å². The van der Waals surface area contributed by atoms with Crippen LogP contribution in [0.1, 0.15) is 5.56 Å². The molecule has 0 spiro atoms. The lowest BCUT2D eigenvalue weighted by Crippen LogP contribution is -2.32. The standard InChI is InChI=1S/C15H15ClN2O2/c1-11-9-12(16)7-8-14(11)18-15(19)17-10-20-13-5-3-2-4-6-13/h2-9H,10H2,1H3,(H2,17,18,19). The molecule has 4 nitrogen and oxygen atoms in total. The molecule has 0 unspecified atom stereocenters. The van der Waals surface area contributed by atoms with Crippen molar-refractivity contribution in [3.05, 3.63) is 59.1 Å². The molecular weight excluding hydrogens is 276 g/mol. The summed E-state index contributed by atoms with van der Waals surface area (Å²) in [5.74, 6) is 0.704. The van der Waals surface area contributed by atoms with Crippen molar-refractivity contribution in [1.29, 1.82) is 0 Å². The van der Waals surface area contributed by atoms with Crippen LogP contribution >= 0.6 is 11.6 Å². The zero-order valence-electron chi connectivity index (χ0n) is 11.0. The molecular formula is C15H15ClN2O2. The van der Waals surface area contributed by atoms with Gasteiger partial charge in [-0.2, -0.15) is 0 Å². The number of aryl methyl sites for hydroxylation is 1. The number of ether oxygens (including phenoxy) is 1. The normalized spacial score (nSPS) is 9.90. The zero-order valence-corrected chi connectivity index (χ0v) is 11.8. The summed E-state index contributed by atoms with van der Waals surface area (Å²) in [6.45, 7) is 1.98. The minimum Gasteiger partial charge on any atom is -0.473 e. The minimum absolute atomic E-state index is 0.0997. The lowest BCUT2D eigenvalue weighted by molar-refractivity contribution is 0.234. The summed E-state index contributed by atoms with van der Waals surface area (Å²) in [5.41, 5.74) is 1.61. The van der Waals surface area contributed by atoms with E-state index < -0.39 is 0 Å². The van der Waals surface area contributed by atoms with Gasteiger partial charge in [-0.1, -0.05) is 29.8 Å². The second kappa shape index (κ2) is 6.82. The summed E-state index contributed by atoms with van der Waals surface area (Å²) in [4.78, 5) is 11.7. The van der Waals surface area contributed by atoms with Crippen LogP contribution in [0.2, 0.25) is 5.02 Å². The third kappa shape index (κ3) is 4.17. The van der Waals surface area contributed by atoms with Crippen LogP contribution in [-0.2, 0) is 0 Å². The number of para-hydroxylation sites is 1. The maximum atomic E-state index is 11.7. The number of urea groups is 1. The fourth-order valence-electron chi connectivity index (χ4n) is 1.64. The Labute approximate surface area is 122 Å². The number of amides is 2. The van der Waals surface area contributed by atoms with Gasteiger partial charge in [-0.05, 0) is 42.8 Å². The number of hydrogen-bond donors (Lipinski definition) is 2. The molecule has 2 aromatic rings. The number of hydrogen-bond acceptors (Lipinski definition) is 2. The average molecular weight is 291 g/mol. The molecule has 0 aliphatic heterocycles. The first-order valence-corrected chi connectivity index (χ1v) is 6.52. The van der Waals surface area contributed by atoms with Crippen molar-refractivity contribution in [2.24, 2.45) is 0 Å². The van der Waals surface area contributed by atoms with Gasteiger partial charge in [-0.25, -0.2) is 4.79 Å². The molecule has 2 rings (SSSR count). The van der Waals surface area contributed by atoms with E-state index in [4.69, 9.17) is 16.3 Å². The number of carbonyl (C=O) groups is 1. The number of benzene rings is 2. The van der Waals surface area contributed by atoms with E-state index in [-0.39, 0.29) is 12.8 Å². The summed E-state index contributed by atoms with van der Waals surface area (Å²) < 4.78 is 5.37. The van der Waals surface area contributed by atoms with Crippen molar-refractivity contribution in [2.75, 3.05) is 12.0 Å². The van der Waals surface area contributed by atoms with Crippen LogP contribution in [-0.4, -0.2) is 12.8 Å². The van der Waals surface area contributed by atoms with Gasteiger partial charge in [0.1, 0.15) is 5.75 Å². The van der Waals surface area contributed by atoms with Gasteiger partial charge in [-0.3, -0.25) is 0 Å². The van der Waals surface area contributed by atoms with Crippen LogP contribution in [0, 0.1) is 6.92 Å². The number of carbonyl (C=O) groups excluding carboxylic acids is 1. The monoisotopic (exact) mass is 290 g/mol. The van der Waals surface area contributed by atoms with E-state index in [1.54, 1.807) is 18.2 Å². The Bertz CT molecular complexity index is 588. The van der Waals surface area contributed by atoms with Crippen LogP contribution in [0.5, 0.6) is 5.75 Å². The number of halogens is 1. The van der Waals surface area contributed by atoms with E-state index in [1.807, 2.05) is 37.3 Å². The Morgan fingerprint density at radius 1 is 1.20 bits per heavy atom. The lowest BCUT2D eigenvalue weighted by Gasteiger charge is -2.11. The van der Waals surface area contributed by atoms with E-state index >= 15 is 0 Å². The number of rotatable bonds is 4. The molecule has 0 saturated carbocycles. The van der Waals surface area contributed by atoms with Gasteiger partial charge in [0.25, 0.3) is 0 Å². The first-order valence-electron chi connectivity index (χ1n) is 6.14. The van der Waals surface area contributed by atoms with E-state index in [0.29, 0.717) is 16.5 Å². The third-order valence-corrected chi connectivity index (χ3v) is 2.89. The van der Waals surface area contributed by atoms with Gasteiger partial charge < -0.3 is 15.4 Å². The summed E-state index contributed by atoms with van der Waals surface area (Å²) in [7, 11) is 0. The van der Waals surface area contributed by atoms with Crippen molar-refractivity contribution in [3.63, 3.8) is 0 Å². The second-order valence-corrected chi connectivity index (χ2v) is 4.63. The van der Waals surface area contributed by atoms with Gasteiger partial charge in [0.2, 0.25) is 0 Å². The Morgan fingerprint density at radius 2 is 1.95 bits per heavy atom. The Morgan fingerprint density at radius 3 is 2.65 bits per heavy atom. The summed E-state index contributed by atoms with van der Waals surface area (Å²) >= 11 is 5.86. The smallest absolute Gasteiger partial charge is 0.321 e. The molecule has 20 heavy (non-hydrogen) atoms. The molecule has 0 fully saturated rings. The highest BCUT2D eigenvalue weighted by atomic mass is 35.5. The molecule has 104 valence electrons. The zero-order chi connectivity index (χ0) is 14.4. The first-order chi connectivity index (χ1) is 9.65. The van der Waals surface area contributed by atoms with Crippen molar-refractivity contribution >= 4 is 23.3 Å². The quantitative estimate of drug-likeness (QED) is 0.841. The fraction of sp³-hybridized carbons (Fsp3) is 0.133. The molecule has 0 bridgehead atoms. The van der Waals surface area contributed by atoms with Gasteiger partial charge in [0.05, 0.1) is 0 Å². The SMILES string of the molecule is Cc1cc(Cl)ccc1NC(=O)NCOc1ccccc1. The topological polar surface area (TPSA) is 50.4 Å². The molecule has 2 amide bonds. The van der Waals surface area contributed by atoms with E-state index in [9.17, 15) is 4.79 Å². The number of anilines is 1. The van der Waals surface area contributed by atoms with Crippen LogP contribution in [0.25, 0.3) is 0 Å². The van der Waals surface area contributed by atoms with Crippen LogP contribution < -0.4 is 15.4 Å². The molecule has 0 aliphatic carbocycles. The van der Waals surface area contributed by atoms with Crippen molar-refractivity contribution < 1.29 is 9.53 Å². The van der Waals surface area contributed by atoms with E-state index in [0.717, 1.165) is 5.56 Å². The molecule has 5 heteroatoms. The molecule has 0 aliphatic rings. The highest BCUT2D eigenvalue weighted by Gasteiger charge is 2.04. The number of nitrogens with one attached hydrogen (secondary N) is 2. The average Bonchev–Trinajstić information content (AvgIpc) is 2.43. The molecule has 0 atom stereocenters. The van der Waals surface area contributed by atoms with E-state index in [1.165, 1.54) is 0 Å². The Hall–Kier alpha value is -2.20. The largest absolute Gasteiger partial charge is 0.473 e.